The Hall–Kier alpha value is -4.33. The number of nitrogens with zero attached hydrogens (tertiary/aromatic N) is 2. The van der Waals surface area contributed by atoms with Gasteiger partial charge in [0.25, 0.3) is 0 Å². The molecule has 2 N–H and O–H groups in total. The molecule has 174 valence electrons. The number of carbonyl (C=O) groups is 2. The standard InChI is InChI=1S/C26H26N4O4/c1-5-13-34-21-12-11-18(14-16(21)2)23-20(15-30(29-23)19-9-7-6-8-10-19)24-22(25(31)33-4)17(3)27-26(32)28-24/h5-12,14-15,24H,1,13H2,2-4H3,(H2,27,28,32)/t24-/m1/s1. The van der Waals surface area contributed by atoms with E-state index in [0.717, 1.165) is 22.6 Å². The topological polar surface area (TPSA) is 94.5 Å². The molecule has 1 aromatic heterocycles. The molecule has 3 aromatic rings. The molecule has 0 fully saturated rings. The number of rotatable bonds is 7. The third kappa shape index (κ3) is 4.43. The van der Waals surface area contributed by atoms with Gasteiger partial charge in [0.05, 0.1) is 30.1 Å². The van der Waals surface area contributed by atoms with E-state index in [1.807, 2.05) is 61.7 Å². The van der Waals surface area contributed by atoms with E-state index >= 15 is 0 Å². The van der Waals surface area contributed by atoms with Crippen molar-refractivity contribution in [2.75, 3.05) is 13.7 Å². The minimum absolute atomic E-state index is 0.318. The largest absolute Gasteiger partial charge is 0.489 e. The van der Waals surface area contributed by atoms with Gasteiger partial charge in [0.1, 0.15) is 12.4 Å². The highest BCUT2D eigenvalue weighted by atomic mass is 16.5. The molecule has 1 atom stereocenters. The molecule has 0 bridgehead atoms. The third-order valence-corrected chi connectivity index (χ3v) is 5.55. The predicted molar refractivity (Wildman–Crippen MR) is 129 cm³/mol. The van der Waals surface area contributed by atoms with Crippen molar-refractivity contribution in [2.45, 2.75) is 19.9 Å². The van der Waals surface area contributed by atoms with Gasteiger partial charge in [-0.15, -0.1) is 0 Å². The lowest BCUT2D eigenvalue weighted by Gasteiger charge is -2.27. The summed E-state index contributed by atoms with van der Waals surface area (Å²) in [6.45, 7) is 7.72. The molecule has 4 rings (SSSR count). The highest BCUT2D eigenvalue weighted by Crippen LogP contribution is 2.36. The Morgan fingerprint density at radius 3 is 2.65 bits per heavy atom. The van der Waals surface area contributed by atoms with E-state index in [1.165, 1.54) is 7.11 Å². The minimum Gasteiger partial charge on any atom is -0.489 e. The fourth-order valence-corrected chi connectivity index (χ4v) is 3.95. The monoisotopic (exact) mass is 458 g/mol. The van der Waals surface area contributed by atoms with E-state index in [9.17, 15) is 9.59 Å². The summed E-state index contributed by atoms with van der Waals surface area (Å²) in [5.41, 5.74) is 4.64. The second-order valence-corrected chi connectivity index (χ2v) is 7.85. The van der Waals surface area contributed by atoms with Crippen LogP contribution < -0.4 is 15.4 Å². The zero-order valence-electron chi connectivity index (χ0n) is 19.3. The average molecular weight is 459 g/mol. The van der Waals surface area contributed by atoms with Crippen LogP contribution in [0.3, 0.4) is 0 Å². The number of methoxy groups -OCH3 is 1. The molecule has 0 spiro atoms. The number of benzene rings is 2. The van der Waals surface area contributed by atoms with Crippen LogP contribution in [0.4, 0.5) is 4.79 Å². The molecule has 8 nitrogen and oxygen atoms in total. The highest BCUT2D eigenvalue weighted by molar-refractivity contribution is 5.95. The summed E-state index contributed by atoms with van der Waals surface area (Å²) >= 11 is 0. The summed E-state index contributed by atoms with van der Waals surface area (Å²) in [5.74, 6) is 0.214. The van der Waals surface area contributed by atoms with E-state index in [1.54, 1.807) is 17.7 Å². The quantitative estimate of drug-likeness (QED) is 0.409. The first-order chi connectivity index (χ1) is 16.4. The molecule has 2 heterocycles. The Labute approximate surface area is 197 Å². The van der Waals surface area contributed by atoms with Crippen molar-refractivity contribution < 1.29 is 19.1 Å². The number of amides is 2. The Morgan fingerprint density at radius 1 is 1.21 bits per heavy atom. The zero-order valence-corrected chi connectivity index (χ0v) is 19.3. The van der Waals surface area contributed by atoms with Gasteiger partial charge in [0.2, 0.25) is 0 Å². The molecule has 0 saturated carbocycles. The van der Waals surface area contributed by atoms with Gasteiger partial charge in [0.15, 0.2) is 0 Å². The van der Waals surface area contributed by atoms with Gasteiger partial charge in [-0.05, 0) is 49.7 Å². The molecule has 2 amide bonds. The van der Waals surface area contributed by atoms with Crippen LogP contribution in [0.25, 0.3) is 16.9 Å². The van der Waals surface area contributed by atoms with E-state index in [2.05, 4.69) is 17.2 Å². The van der Waals surface area contributed by atoms with E-state index in [0.29, 0.717) is 29.1 Å². The smallest absolute Gasteiger partial charge is 0.337 e. The number of aryl methyl sites for hydroxylation is 1. The Balaban J connectivity index is 1.88. The maximum atomic E-state index is 12.7. The second-order valence-electron chi connectivity index (χ2n) is 7.85. The molecular formula is C26H26N4O4. The van der Waals surface area contributed by atoms with E-state index in [-0.39, 0.29) is 0 Å². The molecule has 0 aliphatic carbocycles. The van der Waals surface area contributed by atoms with Gasteiger partial charge in [-0.3, -0.25) is 0 Å². The summed E-state index contributed by atoms with van der Waals surface area (Å²) in [4.78, 5) is 25.0. The van der Waals surface area contributed by atoms with Crippen molar-refractivity contribution in [1.82, 2.24) is 20.4 Å². The minimum atomic E-state index is -0.745. The molecule has 0 saturated heterocycles. The molecule has 1 aliphatic heterocycles. The van der Waals surface area contributed by atoms with Gasteiger partial charge >= 0.3 is 12.0 Å². The summed E-state index contributed by atoms with van der Waals surface area (Å²) in [5, 5.41) is 10.4. The first kappa shape index (κ1) is 22.8. The van der Waals surface area contributed by atoms with Crippen LogP contribution in [-0.4, -0.2) is 35.5 Å². The number of urea groups is 1. The number of aromatic nitrogens is 2. The van der Waals surface area contributed by atoms with Crippen molar-refractivity contribution in [1.29, 1.82) is 0 Å². The average Bonchev–Trinajstić information content (AvgIpc) is 3.28. The number of para-hydroxylation sites is 1. The molecule has 34 heavy (non-hydrogen) atoms. The number of nitrogens with one attached hydrogen (secondary N) is 2. The summed E-state index contributed by atoms with van der Waals surface area (Å²) in [6, 6.07) is 14.2. The summed E-state index contributed by atoms with van der Waals surface area (Å²) < 4.78 is 12.5. The van der Waals surface area contributed by atoms with Crippen LogP contribution >= 0.6 is 0 Å². The number of carbonyl (C=O) groups excluding carboxylic acids is 2. The van der Waals surface area contributed by atoms with Crippen LogP contribution in [0.2, 0.25) is 0 Å². The van der Waals surface area contributed by atoms with Gasteiger partial charge in [-0.2, -0.15) is 5.10 Å². The normalized spacial score (nSPS) is 15.4. The molecule has 2 aromatic carbocycles. The number of allylic oxidation sites excluding steroid dienone is 1. The van der Waals surface area contributed by atoms with E-state index in [4.69, 9.17) is 14.6 Å². The third-order valence-electron chi connectivity index (χ3n) is 5.55. The summed E-state index contributed by atoms with van der Waals surface area (Å²) in [6.07, 6.45) is 3.52. The molecule has 1 aliphatic rings. The van der Waals surface area contributed by atoms with Crippen LogP contribution in [0.5, 0.6) is 5.75 Å². The lowest BCUT2D eigenvalue weighted by molar-refractivity contribution is -0.136. The molecular weight excluding hydrogens is 432 g/mol. The van der Waals surface area contributed by atoms with Gasteiger partial charge in [-0.25, -0.2) is 14.3 Å². The summed E-state index contributed by atoms with van der Waals surface area (Å²) in [7, 11) is 1.32. The number of ether oxygens (including phenoxy) is 2. The van der Waals surface area contributed by atoms with Crippen LogP contribution in [-0.2, 0) is 9.53 Å². The van der Waals surface area contributed by atoms with Crippen LogP contribution in [0.1, 0.15) is 24.1 Å². The van der Waals surface area contributed by atoms with Crippen molar-refractivity contribution in [3.05, 3.63) is 89.8 Å². The highest BCUT2D eigenvalue weighted by Gasteiger charge is 2.35. The lowest BCUT2D eigenvalue weighted by Crippen LogP contribution is -2.45. The van der Waals surface area contributed by atoms with Gasteiger partial charge in [0, 0.05) is 23.0 Å². The lowest BCUT2D eigenvalue weighted by atomic mass is 9.93. The van der Waals surface area contributed by atoms with Crippen LogP contribution in [0, 0.1) is 6.92 Å². The Bertz CT molecular complexity index is 1280. The Kier molecular flexibility index (Phi) is 6.49. The van der Waals surface area contributed by atoms with Crippen LogP contribution in [0.15, 0.2) is 78.7 Å². The van der Waals surface area contributed by atoms with Crippen molar-refractivity contribution in [3.8, 4) is 22.7 Å². The van der Waals surface area contributed by atoms with Gasteiger partial charge in [-0.1, -0.05) is 30.9 Å². The number of esters is 1. The molecule has 0 radical (unpaired) electrons. The Morgan fingerprint density at radius 2 is 1.97 bits per heavy atom. The van der Waals surface area contributed by atoms with E-state index < -0.39 is 18.0 Å². The predicted octanol–water partition coefficient (Wildman–Crippen LogP) is 4.21. The molecule has 8 heteroatoms. The van der Waals surface area contributed by atoms with Gasteiger partial charge < -0.3 is 20.1 Å². The maximum Gasteiger partial charge on any atom is 0.337 e. The second kappa shape index (κ2) is 9.66. The van der Waals surface area contributed by atoms with Crippen molar-refractivity contribution in [2.24, 2.45) is 0 Å². The number of hydrogen-bond donors (Lipinski definition) is 2. The fraction of sp³-hybridized carbons (Fsp3) is 0.192. The molecule has 0 unspecified atom stereocenters. The van der Waals surface area contributed by atoms with Crippen molar-refractivity contribution >= 4 is 12.0 Å². The first-order valence-electron chi connectivity index (χ1n) is 10.8. The fourth-order valence-electron chi connectivity index (χ4n) is 3.95. The first-order valence-corrected chi connectivity index (χ1v) is 10.8. The zero-order chi connectivity index (χ0) is 24.2. The SMILES string of the molecule is C=CCOc1ccc(-c2nn(-c3ccccc3)cc2[C@H]2NC(=O)NC(C)=C2C(=O)OC)cc1C. The van der Waals surface area contributed by atoms with Crippen molar-refractivity contribution in [3.63, 3.8) is 0 Å². The maximum absolute atomic E-state index is 12.7. The number of hydrogen-bond acceptors (Lipinski definition) is 5.